The highest BCUT2D eigenvalue weighted by molar-refractivity contribution is 8.02. The van der Waals surface area contributed by atoms with Crippen LogP contribution in [0.5, 0.6) is 5.75 Å². The summed E-state index contributed by atoms with van der Waals surface area (Å²) in [7, 11) is 1.67. The number of ether oxygens (including phenoxy) is 1. The van der Waals surface area contributed by atoms with Crippen molar-refractivity contribution in [2.75, 3.05) is 12.5 Å². The number of nitrogens with zero attached hydrogens (tertiary/aromatic N) is 3. The smallest absolute Gasteiger partial charge is 0.214 e. The molecule has 1 aliphatic rings. The Morgan fingerprint density at radius 2 is 2.14 bits per heavy atom. The SMILES string of the molecule is COc1cccc(C2=CSc3nnc([C@@H]([NH3+])C(C)C)n3N2)c1. The van der Waals surface area contributed by atoms with Crippen LogP contribution in [0, 0.1) is 5.92 Å². The summed E-state index contributed by atoms with van der Waals surface area (Å²) in [4.78, 5) is 0. The molecule has 0 fully saturated rings. The molecule has 0 spiro atoms. The third-order valence-electron chi connectivity index (χ3n) is 3.69. The fourth-order valence-electron chi connectivity index (χ4n) is 2.18. The van der Waals surface area contributed by atoms with Crippen molar-refractivity contribution in [3.05, 3.63) is 41.1 Å². The minimum absolute atomic E-state index is 0.0824. The van der Waals surface area contributed by atoms with E-state index >= 15 is 0 Å². The van der Waals surface area contributed by atoms with Crippen molar-refractivity contribution in [1.82, 2.24) is 14.9 Å². The fourth-order valence-corrected chi connectivity index (χ4v) is 2.93. The van der Waals surface area contributed by atoms with E-state index in [-0.39, 0.29) is 6.04 Å². The normalized spacial score (nSPS) is 15.0. The summed E-state index contributed by atoms with van der Waals surface area (Å²) in [5.74, 6) is 2.08. The number of thioether (sulfide) groups is 1. The first-order valence-electron chi connectivity index (χ1n) is 7.17. The topological polar surface area (TPSA) is 79.6 Å². The van der Waals surface area contributed by atoms with Crippen molar-refractivity contribution in [3.63, 3.8) is 0 Å². The molecule has 4 N–H and O–H groups in total. The maximum atomic E-state index is 5.29. The molecule has 6 nitrogen and oxygen atoms in total. The Morgan fingerprint density at radius 3 is 2.86 bits per heavy atom. The number of aromatic nitrogens is 3. The first-order chi connectivity index (χ1) is 10.6. The molecule has 1 atom stereocenters. The Hall–Kier alpha value is -1.99. The molecule has 7 heteroatoms. The molecule has 1 aliphatic heterocycles. The molecule has 0 radical (unpaired) electrons. The Balaban J connectivity index is 1.91. The van der Waals surface area contributed by atoms with Crippen LogP contribution < -0.4 is 15.9 Å². The predicted molar refractivity (Wildman–Crippen MR) is 86.7 cm³/mol. The molecule has 2 aromatic rings. The molecular formula is C15H20N5OS+. The van der Waals surface area contributed by atoms with Gasteiger partial charge in [-0.1, -0.05) is 37.7 Å². The van der Waals surface area contributed by atoms with E-state index in [1.807, 2.05) is 34.3 Å². The highest BCUT2D eigenvalue weighted by Crippen LogP contribution is 2.31. The number of benzene rings is 1. The Labute approximate surface area is 133 Å². The minimum atomic E-state index is 0.0824. The zero-order chi connectivity index (χ0) is 15.7. The number of hydrogen-bond acceptors (Lipinski definition) is 5. The molecule has 1 aromatic carbocycles. The van der Waals surface area contributed by atoms with Crippen molar-refractivity contribution in [1.29, 1.82) is 0 Å². The van der Waals surface area contributed by atoms with E-state index in [2.05, 4.69) is 35.2 Å². The molecule has 0 unspecified atom stereocenters. The van der Waals surface area contributed by atoms with Gasteiger partial charge in [0.05, 0.1) is 12.8 Å². The van der Waals surface area contributed by atoms with Gasteiger partial charge in [0.1, 0.15) is 11.8 Å². The first-order valence-corrected chi connectivity index (χ1v) is 8.04. The third kappa shape index (κ3) is 2.69. The van der Waals surface area contributed by atoms with Gasteiger partial charge in [0, 0.05) is 16.9 Å². The zero-order valence-corrected chi connectivity index (χ0v) is 13.7. The molecule has 22 heavy (non-hydrogen) atoms. The lowest BCUT2D eigenvalue weighted by molar-refractivity contribution is -0.440. The second-order valence-corrected chi connectivity index (χ2v) is 6.36. The van der Waals surface area contributed by atoms with Crippen LogP contribution in [0.1, 0.15) is 31.3 Å². The molecule has 0 bridgehead atoms. The van der Waals surface area contributed by atoms with Crippen LogP contribution >= 0.6 is 11.8 Å². The number of rotatable bonds is 4. The van der Waals surface area contributed by atoms with Crippen LogP contribution in [0.2, 0.25) is 0 Å². The van der Waals surface area contributed by atoms with Crippen LogP contribution in [0.3, 0.4) is 0 Å². The average Bonchev–Trinajstić information content (AvgIpc) is 2.97. The highest BCUT2D eigenvalue weighted by atomic mass is 32.2. The van der Waals surface area contributed by atoms with Crippen LogP contribution in [-0.4, -0.2) is 22.0 Å². The van der Waals surface area contributed by atoms with Gasteiger partial charge in [0.2, 0.25) is 11.0 Å². The Bertz CT molecular complexity index is 710. The molecule has 0 saturated heterocycles. The summed E-state index contributed by atoms with van der Waals surface area (Å²) < 4.78 is 7.22. The summed E-state index contributed by atoms with van der Waals surface area (Å²) in [5.41, 5.74) is 9.64. The van der Waals surface area contributed by atoms with E-state index in [1.54, 1.807) is 18.9 Å². The van der Waals surface area contributed by atoms with Gasteiger partial charge in [-0.25, -0.2) is 4.68 Å². The van der Waals surface area contributed by atoms with Crippen LogP contribution in [0.25, 0.3) is 5.70 Å². The van der Waals surface area contributed by atoms with E-state index in [4.69, 9.17) is 4.74 Å². The Morgan fingerprint density at radius 1 is 1.32 bits per heavy atom. The summed E-state index contributed by atoms with van der Waals surface area (Å²) >= 11 is 1.55. The van der Waals surface area contributed by atoms with Gasteiger partial charge < -0.3 is 10.5 Å². The van der Waals surface area contributed by atoms with Crippen molar-refractivity contribution in [2.24, 2.45) is 5.92 Å². The average molecular weight is 318 g/mol. The van der Waals surface area contributed by atoms with Crippen LogP contribution in [0.4, 0.5) is 0 Å². The van der Waals surface area contributed by atoms with Gasteiger partial charge in [0.25, 0.3) is 0 Å². The molecule has 3 rings (SSSR count). The lowest BCUT2D eigenvalue weighted by atomic mass is 10.1. The largest absolute Gasteiger partial charge is 0.497 e. The van der Waals surface area contributed by atoms with E-state index in [9.17, 15) is 0 Å². The zero-order valence-electron chi connectivity index (χ0n) is 12.9. The van der Waals surface area contributed by atoms with Crippen LogP contribution in [-0.2, 0) is 0 Å². The number of quaternary nitrogens is 1. The predicted octanol–water partition coefficient (Wildman–Crippen LogP) is 1.87. The lowest BCUT2D eigenvalue weighted by Crippen LogP contribution is -2.57. The molecule has 0 aliphatic carbocycles. The third-order valence-corrected chi connectivity index (χ3v) is 4.52. The molecule has 116 valence electrons. The fraction of sp³-hybridized carbons (Fsp3) is 0.333. The number of hydrogen-bond donors (Lipinski definition) is 2. The molecule has 2 heterocycles. The van der Waals surface area contributed by atoms with Crippen LogP contribution in [0.15, 0.2) is 34.8 Å². The van der Waals surface area contributed by atoms with E-state index in [0.717, 1.165) is 28.0 Å². The van der Waals surface area contributed by atoms with E-state index in [1.165, 1.54) is 0 Å². The molecule has 1 aromatic heterocycles. The van der Waals surface area contributed by atoms with Crippen molar-refractivity contribution in [3.8, 4) is 5.75 Å². The van der Waals surface area contributed by atoms with Gasteiger partial charge >= 0.3 is 0 Å². The standard InChI is InChI=1S/C15H19N5OS/c1-9(2)13(16)14-17-18-15-20(14)19-12(8-22-15)10-5-4-6-11(7-10)21-3/h4-9,13,19H,16H2,1-3H3/p+1/t13-/m0/s1. The van der Waals surface area contributed by atoms with Gasteiger partial charge in [0.15, 0.2) is 0 Å². The number of fused-ring (bicyclic) bond motifs is 1. The number of nitrogens with one attached hydrogen (secondary N) is 1. The highest BCUT2D eigenvalue weighted by Gasteiger charge is 2.26. The maximum Gasteiger partial charge on any atom is 0.214 e. The summed E-state index contributed by atoms with van der Waals surface area (Å²) in [6, 6.07) is 8.03. The minimum Gasteiger partial charge on any atom is -0.497 e. The first kappa shape index (κ1) is 14.9. The summed E-state index contributed by atoms with van der Waals surface area (Å²) in [6.45, 7) is 4.27. The van der Waals surface area contributed by atoms with Crippen molar-refractivity contribution < 1.29 is 10.5 Å². The van der Waals surface area contributed by atoms with Gasteiger partial charge in [-0.05, 0) is 12.1 Å². The number of methoxy groups -OCH3 is 1. The van der Waals surface area contributed by atoms with Gasteiger partial charge in [-0.3, -0.25) is 5.43 Å². The second kappa shape index (κ2) is 6.02. The van der Waals surface area contributed by atoms with Crippen molar-refractivity contribution in [2.45, 2.75) is 25.0 Å². The second-order valence-electron chi connectivity index (χ2n) is 5.52. The summed E-state index contributed by atoms with van der Waals surface area (Å²) in [6.07, 6.45) is 0. The maximum absolute atomic E-state index is 5.29. The van der Waals surface area contributed by atoms with E-state index in [0.29, 0.717) is 5.92 Å². The molecular weight excluding hydrogens is 298 g/mol. The Kier molecular flexibility index (Phi) is 4.08. The molecule has 0 amide bonds. The quantitative estimate of drug-likeness (QED) is 0.899. The molecule has 0 saturated carbocycles. The van der Waals surface area contributed by atoms with Gasteiger partial charge in [-0.15, -0.1) is 10.2 Å². The van der Waals surface area contributed by atoms with Gasteiger partial charge in [-0.2, -0.15) is 0 Å². The van der Waals surface area contributed by atoms with Crippen molar-refractivity contribution >= 4 is 17.5 Å². The lowest BCUT2D eigenvalue weighted by Gasteiger charge is -2.21. The monoisotopic (exact) mass is 318 g/mol. The summed E-state index contributed by atoms with van der Waals surface area (Å²) in [5, 5.41) is 11.4. The van der Waals surface area contributed by atoms with E-state index < -0.39 is 0 Å².